The van der Waals surface area contributed by atoms with Gasteiger partial charge in [0.1, 0.15) is 12.3 Å². The maximum Gasteiger partial charge on any atom is 0.403 e. The van der Waals surface area contributed by atoms with E-state index >= 15 is 0 Å². The molecule has 188 valence electrons. The van der Waals surface area contributed by atoms with Crippen LogP contribution in [-0.4, -0.2) is 68.0 Å². The van der Waals surface area contributed by atoms with Gasteiger partial charge in [-0.05, 0) is 34.1 Å². The topological polar surface area (TPSA) is 200 Å². The number of nitrogen functional groups attached to an aromatic ring is 1. The van der Waals surface area contributed by atoms with E-state index in [1.54, 1.807) is 32.4 Å². The summed E-state index contributed by atoms with van der Waals surface area (Å²) < 4.78 is 30.4. The Morgan fingerprint density at radius 2 is 2.15 bits per heavy atom. The number of nitrogens with one attached hydrogen (secondary N) is 3. The van der Waals surface area contributed by atoms with Gasteiger partial charge < -0.3 is 30.8 Å². The lowest BCUT2D eigenvalue weighted by atomic mass is 9.98. The Morgan fingerprint density at radius 1 is 1.44 bits per heavy atom. The highest BCUT2D eigenvalue weighted by Gasteiger charge is 2.40. The predicted molar refractivity (Wildman–Crippen MR) is 124 cm³/mol. The first-order valence-electron chi connectivity index (χ1n) is 10.8. The van der Waals surface area contributed by atoms with Gasteiger partial charge in [0.05, 0.1) is 25.1 Å². The molecule has 1 unspecified atom stereocenters. The standard InChI is InChI=1S/C19H31N8O6P/c1-9(2)32-18(28)11(4)26-34(29,30)31-7-12-6-13(10(3)20)17(33-12)27-8-23-14-15(22-5)24-19(21)25-16(14)27/h8-9,11-13,17,20H,6-7H2,1-5H3,(H2,26,29,30)(H3,21,22,24,25)/t11-,12-,13+,17+/m0/s1. The predicted octanol–water partition coefficient (Wildman–Crippen LogP) is 1.44. The number of hydrogen-bond donors (Lipinski definition) is 5. The van der Waals surface area contributed by atoms with Crippen LogP contribution in [0.3, 0.4) is 0 Å². The van der Waals surface area contributed by atoms with Crippen molar-refractivity contribution in [3.63, 3.8) is 0 Å². The number of ether oxygens (including phenoxy) is 2. The molecule has 0 radical (unpaired) electrons. The van der Waals surface area contributed by atoms with Crippen molar-refractivity contribution in [3.8, 4) is 0 Å². The maximum absolute atomic E-state index is 12.4. The molecule has 0 aliphatic carbocycles. The van der Waals surface area contributed by atoms with E-state index in [1.807, 2.05) is 0 Å². The number of aromatic nitrogens is 4. The van der Waals surface area contributed by atoms with Crippen molar-refractivity contribution in [2.45, 2.75) is 58.6 Å². The van der Waals surface area contributed by atoms with E-state index in [-0.39, 0.29) is 24.6 Å². The molecule has 6 N–H and O–H groups in total. The van der Waals surface area contributed by atoms with E-state index in [9.17, 15) is 14.3 Å². The molecule has 14 nitrogen and oxygen atoms in total. The summed E-state index contributed by atoms with van der Waals surface area (Å²) in [5.41, 5.74) is 7.11. The van der Waals surface area contributed by atoms with Crippen LogP contribution in [-0.2, 0) is 23.4 Å². The van der Waals surface area contributed by atoms with Crippen LogP contribution in [0.5, 0.6) is 0 Å². The second-order valence-electron chi connectivity index (χ2n) is 8.33. The van der Waals surface area contributed by atoms with E-state index in [4.69, 9.17) is 25.1 Å². The fourth-order valence-corrected chi connectivity index (χ4v) is 4.69. The number of hydrogen-bond acceptors (Lipinski definition) is 11. The minimum Gasteiger partial charge on any atom is -0.462 e. The molecule has 3 rings (SSSR count). The molecule has 2 aromatic rings. The van der Waals surface area contributed by atoms with Crippen molar-refractivity contribution in [3.05, 3.63) is 6.33 Å². The fraction of sp³-hybridized carbons (Fsp3) is 0.632. The van der Waals surface area contributed by atoms with Gasteiger partial charge in [-0.3, -0.25) is 13.9 Å². The summed E-state index contributed by atoms with van der Waals surface area (Å²) in [6, 6.07) is -1.05. The van der Waals surface area contributed by atoms with Crippen molar-refractivity contribution in [2.75, 3.05) is 24.7 Å². The van der Waals surface area contributed by atoms with Crippen molar-refractivity contribution in [1.82, 2.24) is 24.6 Å². The lowest BCUT2D eigenvalue weighted by molar-refractivity contribution is -0.149. The van der Waals surface area contributed by atoms with Crippen LogP contribution in [0, 0.1) is 11.3 Å². The van der Waals surface area contributed by atoms with Crippen molar-refractivity contribution in [2.24, 2.45) is 5.92 Å². The number of nitrogens with two attached hydrogens (primary N) is 1. The van der Waals surface area contributed by atoms with Crippen molar-refractivity contribution < 1.29 is 28.3 Å². The Bertz CT molecular complexity index is 1110. The lowest BCUT2D eigenvalue weighted by Crippen LogP contribution is -2.35. The highest BCUT2D eigenvalue weighted by Crippen LogP contribution is 2.42. The molecule has 0 bridgehead atoms. The van der Waals surface area contributed by atoms with Gasteiger partial charge in [0, 0.05) is 18.7 Å². The summed E-state index contributed by atoms with van der Waals surface area (Å²) >= 11 is 0. The van der Waals surface area contributed by atoms with E-state index in [0.29, 0.717) is 29.1 Å². The highest BCUT2D eigenvalue weighted by molar-refractivity contribution is 7.50. The van der Waals surface area contributed by atoms with Gasteiger partial charge in [-0.1, -0.05) is 0 Å². The molecule has 34 heavy (non-hydrogen) atoms. The third-order valence-corrected chi connectivity index (χ3v) is 6.41. The highest BCUT2D eigenvalue weighted by atomic mass is 31.2. The third kappa shape index (κ3) is 5.88. The number of carbonyl (C=O) groups is 1. The Kier molecular flexibility index (Phi) is 7.88. The van der Waals surface area contributed by atoms with Crippen LogP contribution < -0.4 is 16.1 Å². The minimum atomic E-state index is -4.33. The maximum atomic E-state index is 12.4. The summed E-state index contributed by atoms with van der Waals surface area (Å²) in [5.74, 6) is -0.512. The first-order valence-corrected chi connectivity index (χ1v) is 12.3. The Morgan fingerprint density at radius 3 is 2.76 bits per heavy atom. The zero-order valence-electron chi connectivity index (χ0n) is 19.7. The number of carbonyl (C=O) groups excluding carboxylic acids is 1. The summed E-state index contributed by atoms with van der Waals surface area (Å²) in [7, 11) is -2.64. The molecular formula is C19H31N8O6P. The molecule has 0 amide bonds. The molecule has 1 aliphatic rings. The number of nitrogens with zero attached hydrogens (tertiary/aromatic N) is 4. The smallest absolute Gasteiger partial charge is 0.403 e. The average Bonchev–Trinajstić information content (AvgIpc) is 3.34. The summed E-state index contributed by atoms with van der Waals surface area (Å²) in [5, 5.41) is 13.4. The quantitative estimate of drug-likeness (QED) is 0.180. The number of anilines is 2. The summed E-state index contributed by atoms with van der Waals surface area (Å²) in [6.45, 7) is 6.19. The Balaban J connectivity index is 1.72. The summed E-state index contributed by atoms with van der Waals surface area (Å²) in [6.07, 6.45) is 0.288. The zero-order valence-corrected chi connectivity index (χ0v) is 20.6. The van der Waals surface area contributed by atoms with Crippen LogP contribution in [0.4, 0.5) is 11.8 Å². The Labute approximate surface area is 196 Å². The lowest BCUT2D eigenvalue weighted by Gasteiger charge is -2.21. The molecule has 5 atom stereocenters. The minimum absolute atomic E-state index is 0.0528. The van der Waals surface area contributed by atoms with Gasteiger partial charge in [0.25, 0.3) is 0 Å². The fourth-order valence-electron chi connectivity index (χ4n) is 3.65. The molecule has 1 saturated heterocycles. The molecule has 1 aliphatic heterocycles. The van der Waals surface area contributed by atoms with Crippen molar-refractivity contribution >= 4 is 42.4 Å². The number of fused-ring (bicyclic) bond motifs is 1. The second kappa shape index (κ2) is 10.3. The number of rotatable bonds is 10. The molecule has 0 saturated carbocycles. The van der Waals surface area contributed by atoms with Gasteiger partial charge in [-0.25, -0.2) is 14.6 Å². The van der Waals surface area contributed by atoms with Crippen molar-refractivity contribution in [1.29, 1.82) is 5.41 Å². The van der Waals surface area contributed by atoms with Crippen LogP contribution in [0.2, 0.25) is 0 Å². The van der Waals surface area contributed by atoms with E-state index < -0.39 is 32.1 Å². The monoisotopic (exact) mass is 498 g/mol. The van der Waals surface area contributed by atoms with Gasteiger partial charge in [0.15, 0.2) is 17.0 Å². The molecule has 15 heteroatoms. The van der Waals surface area contributed by atoms with Gasteiger partial charge in [0.2, 0.25) is 5.95 Å². The molecule has 0 aromatic carbocycles. The number of imidazole rings is 1. The zero-order chi connectivity index (χ0) is 25.2. The van der Waals surface area contributed by atoms with Crippen LogP contribution in [0.1, 0.15) is 40.3 Å². The first kappa shape index (κ1) is 26.0. The third-order valence-electron chi connectivity index (χ3n) is 5.20. The summed E-state index contributed by atoms with van der Waals surface area (Å²) in [4.78, 5) is 34.8. The molecule has 3 heterocycles. The van der Waals surface area contributed by atoms with E-state index in [2.05, 4.69) is 25.4 Å². The SMILES string of the molecule is CNc1nc(N)nc2c1ncn2[C@@H]1O[C@H](COP(=O)(O)N[C@@H](C)C(=O)OC(C)C)C[C@@H]1C(C)=N. The normalized spacial score (nSPS) is 23.1. The van der Waals surface area contributed by atoms with Crippen LogP contribution in [0.15, 0.2) is 6.33 Å². The largest absolute Gasteiger partial charge is 0.462 e. The van der Waals surface area contributed by atoms with E-state index in [0.717, 1.165) is 0 Å². The first-order chi connectivity index (χ1) is 15.9. The molecule has 0 spiro atoms. The van der Waals surface area contributed by atoms with Gasteiger partial charge >= 0.3 is 13.7 Å². The Hall–Kier alpha value is -2.64. The molecule has 1 fully saturated rings. The van der Waals surface area contributed by atoms with E-state index in [1.165, 1.54) is 13.3 Å². The number of esters is 1. The molecule has 2 aromatic heterocycles. The second-order valence-corrected chi connectivity index (χ2v) is 9.89. The van der Waals surface area contributed by atoms with Gasteiger partial charge in [-0.2, -0.15) is 9.97 Å². The van der Waals surface area contributed by atoms with Crippen LogP contribution >= 0.6 is 7.75 Å². The van der Waals surface area contributed by atoms with Crippen LogP contribution in [0.25, 0.3) is 11.2 Å². The average molecular weight is 498 g/mol. The van der Waals surface area contributed by atoms with Gasteiger partial charge in [-0.15, -0.1) is 0 Å². The molecular weight excluding hydrogens is 467 g/mol.